The summed E-state index contributed by atoms with van der Waals surface area (Å²) in [7, 11) is 0. The van der Waals surface area contributed by atoms with Gasteiger partial charge >= 0.3 is 0 Å². The van der Waals surface area contributed by atoms with E-state index in [0.717, 1.165) is 6.54 Å². The van der Waals surface area contributed by atoms with Gasteiger partial charge in [0.1, 0.15) is 0 Å². The average Bonchev–Trinajstić information content (AvgIpc) is 2.86. The second kappa shape index (κ2) is 6.36. The fraction of sp³-hybridized carbons (Fsp3) is 0.333. The quantitative estimate of drug-likeness (QED) is 0.847. The van der Waals surface area contributed by atoms with Crippen molar-refractivity contribution >= 4 is 17.5 Å². The highest BCUT2D eigenvalue weighted by Gasteiger charge is 2.31. The molecule has 22 heavy (non-hydrogen) atoms. The number of carbonyl (C=O) groups excluding carboxylic acids is 1. The van der Waals surface area contributed by atoms with Crippen LogP contribution in [0.1, 0.15) is 0 Å². The lowest BCUT2D eigenvalue weighted by Crippen LogP contribution is -2.52. The molecule has 1 saturated heterocycles. The van der Waals surface area contributed by atoms with E-state index in [1.807, 2.05) is 0 Å². The van der Waals surface area contributed by atoms with Gasteiger partial charge in [0.2, 0.25) is 0 Å². The van der Waals surface area contributed by atoms with Crippen molar-refractivity contribution in [2.75, 3.05) is 19.7 Å². The van der Waals surface area contributed by atoms with Crippen LogP contribution in [0.15, 0.2) is 36.7 Å². The molecule has 3 rings (SSSR count). The number of benzene rings is 1. The van der Waals surface area contributed by atoms with E-state index < -0.39 is 5.82 Å². The summed E-state index contributed by atoms with van der Waals surface area (Å²) in [6.45, 7) is 1.87. The van der Waals surface area contributed by atoms with Crippen molar-refractivity contribution < 1.29 is 13.9 Å². The standard InChI is InChI=1S/C15H15ClFN3O2/c16-12-5-18-20(9-12)8-11-6-19(7-11)15(21)10-22-14-4-2-1-3-13(14)17/h1-5,9,11H,6-8,10H2. The first-order valence-electron chi connectivity index (χ1n) is 6.95. The van der Waals surface area contributed by atoms with Crippen molar-refractivity contribution in [1.82, 2.24) is 14.7 Å². The Kier molecular flexibility index (Phi) is 4.29. The second-order valence-electron chi connectivity index (χ2n) is 5.26. The number of carbonyl (C=O) groups is 1. The lowest BCUT2D eigenvalue weighted by Gasteiger charge is -2.39. The molecular formula is C15H15ClFN3O2. The molecule has 0 atom stereocenters. The molecule has 0 unspecified atom stereocenters. The van der Waals surface area contributed by atoms with E-state index in [-0.39, 0.29) is 18.3 Å². The highest BCUT2D eigenvalue weighted by molar-refractivity contribution is 6.30. The molecule has 1 fully saturated rings. The normalized spacial score (nSPS) is 14.7. The van der Waals surface area contributed by atoms with Crippen LogP contribution in [-0.4, -0.2) is 40.3 Å². The van der Waals surface area contributed by atoms with Gasteiger partial charge in [0.25, 0.3) is 5.91 Å². The van der Waals surface area contributed by atoms with Crippen LogP contribution in [0.2, 0.25) is 5.02 Å². The molecule has 2 heterocycles. The Morgan fingerprint density at radius 1 is 1.41 bits per heavy atom. The van der Waals surface area contributed by atoms with Crippen LogP contribution in [-0.2, 0) is 11.3 Å². The largest absolute Gasteiger partial charge is 0.481 e. The van der Waals surface area contributed by atoms with Crippen molar-refractivity contribution in [3.63, 3.8) is 0 Å². The average molecular weight is 324 g/mol. The minimum atomic E-state index is -0.465. The predicted octanol–water partition coefficient (Wildman–Crippen LogP) is 2.21. The van der Waals surface area contributed by atoms with Gasteiger partial charge in [-0.2, -0.15) is 5.10 Å². The topological polar surface area (TPSA) is 47.4 Å². The number of nitrogens with zero attached hydrogens (tertiary/aromatic N) is 3. The van der Waals surface area contributed by atoms with Crippen molar-refractivity contribution in [3.8, 4) is 5.75 Å². The molecule has 7 heteroatoms. The molecule has 116 valence electrons. The molecule has 0 aliphatic carbocycles. The number of hydrogen-bond donors (Lipinski definition) is 0. The van der Waals surface area contributed by atoms with E-state index in [1.54, 1.807) is 34.1 Å². The monoisotopic (exact) mass is 323 g/mol. The molecule has 1 aliphatic rings. The first kappa shape index (κ1) is 14.8. The van der Waals surface area contributed by atoms with E-state index in [2.05, 4.69) is 5.10 Å². The van der Waals surface area contributed by atoms with Crippen LogP contribution in [0.3, 0.4) is 0 Å². The summed E-state index contributed by atoms with van der Waals surface area (Å²) in [6, 6.07) is 6.04. The van der Waals surface area contributed by atoms with Gasteiger partial charge in [0, 0.05) is 31.7 Å². The minimum Gasteiger partial charge on any atom is -0.481 e. The van der Waals surface area contributed by atoms with Crippen LogP contribution < -0.4 is 4.74 Å². The maximum atomic E-state index is 13.4. The Labute approximate surface area is 132 Å². The van der Waals surface area contributed by atoms with Crippen molar-refractivity contribution in [3.05, 3.63) is 47.5 Å². The summed E-state index contributed by atoms with van der Waals surface area (Å²) in [6.07, 6.45) is 3.35. The number of likely N-dealkylation sites (tertiary alicyclic amines) is 1. The highest BCUT2D eigenvalue weighted by Crippen LogP contribution is 2.20. The lowest BCUT2D eigenvalue weighted by molar-refractivity contribution is -0.140. The molecule has 1 aromatic heterocycles. The first-order valence-corrected chi connectivity index (χ1v) is 7.32. The highest BCUT2D eigenvalue weighted by atomic mass is 35.5. The predicted molar refractivity (Wildman–Crippen MR) is 79.2 cm³/mol. The van der Waals surface area contributed by atoms with Gasteiger partial charge in [-0.25, -0.2) is 4.39 Å². The Morgan fingerprint density at radius 3 is 2.86 bits per heavy atom. The van der Waals surface area contributed by atoms with Crippen LogP contribution in [0.25, 0.3) is 0 Å². The van der Waals surface area contributed by atoms with E-state index in [1.165, 1.54) is 12.1 Å². The molecule has 1 amide bonds. The second-order valence-corrected chi connectivity index (χ2v) is 5.70. The molecule has 1 aliphatic heterocycles. The summed E-state index contributed by atoms with van der Waals surface area (Å²) in [5, 5.41) is 4.71. The van der Waals surface area contributed by atoms with Crippen LogP contribution >= 0.6 is 11.6 Å². The van der Waals surface area contributed by atoms with Crippen LogP contribution in [0.5, 0.6) is 5.75 Å². The zero-order chi connectivity index (χ0) is 15.5. The van der Waals surface area contributed by atoms with Crippen molar-refractivity contribution in [1.29, 1.82) is 0 Å². The first-order chi connectivity index (χ1) is 10.6. The van der Waals surface area contributed by atoms with E-state index in [9.17, 15) is 9.18 Å². The molecule has 0 spiro atoms. The summed E-state index contributed by atoms with van der Waals surface area (Å²) < 4.78 is 20.4. The molecule has 0 bridgehead atoms. The summed E-state index contributed by atoms with van der Waals surface area (Å²) >= 11 is 5.80. The van der Waals surface area contributed by atoms with Gasteiger partial charge in [0.05, 0.1) is 11.2 Å². The fourth-order valence-electron chi connectivity index (χ4n) is 2.38. The maximum absolute atomic E-state index is 13.4. The molecule has 0 saturated carbocycles. The Balaban J connectivity index is 1.43. The van der Waals surface area contributed by atoms with Crippen molar-refractivity contribution in [2.24, 2.45) is 5.92 Å². The molecule has 5 nitrogen and oxygen atoms in total. The third-order valence-electron chi connectivity index (χ3n) is 3.54. The van der Waals surface area contributed by atoms with Gasteiger partial charge < -0.3 is 9.64 Å². The number of para-hydroxylation sites is 1. The third-order valence-corrected chi connectivity index (χ3v) is 3.74. The van der Waals surface area contributed by atoms with E-state index >= 15 is 0 Å². The van der Waals surface area contributed by atoms with E-state index in [0.29, 0.717) is 24.0 Å². The Hall–Kier alpha value is -2.08. The van der Waals surface area contributed by atoms with Gasteiger partial charge in [-0.1, -0.05) is 23.7 Å². The zero-order valence-corrected chi connectivity index (χ0v) is 12.5. The fourth-order valence-corrected chi connectivity index (χ4v) is 2.54. The molecule has 0 radical (unpaired) electrons. The van der Waals surface area contributed by atoms with E-state index in [4.69, 9.17) is 16.3 Å². The lowest BCUT2D eigenvalue weighted by atomic mass is 10.0. The number of hydrogen-bond acceptors (Lipinski definition) is 3. The zero-order valence-electron chi connectivity index (χ0n) is 11.8. The van der Waals surface area contributed by atoms with Gasteiger partial charge in [-0.05, 0) is 12.1 Å². The number of aromatic nitrogens is 2. The summed E-state index contributed by atoms with van der Waals surface area (Å²) in [5.41, 5.74) is 0. The Bertz CT molecular complexity index is 670. The number of rotatable bonds is 5. The number of halogens is 2. The van der Waals surface area contributed by atoms with Gasteiger partial charge in [0.15, 0.2) is 18.2 Å². The smallest absolute Gasteiger partial charge is 0.260 e. The summed E-state index contributed by atoms with van der Waals surface area (Å²) in [5.74, 6) is -0.155. The Morgan fingerprint density at radius 2 is 2.18 bits per heavy atom. The summed E-state index contributed by atoms with van der Waals surface area (Å²) in [4.78, 5) is 13.6. The molecule has 2 aromatic rings. The van der Waals surface area contributed by atoms with Gasteiger partial charge in [-0.3, -0.25) is 9.48 Å². The maximum Gasteiger partial charge on any atom is 0.260 e. The number of ether oxygens (including phenoxy) is 1. The molecular weight excluding hydrogens is 309 g/mol. The molecule has 0 N–H and O–H groups in total. The number of amides is 1. The SMILES string of the molecule is O=C(COc1ccccc1F)N1CC(Cn2cc(Cl)cn2)C1. The molecule has 1 aromatic carbocycles. The van der Waals surface area contributed by atoms with Crippen molar-refractivity contribution in [2.45, 2.75) is 6.54 Å². The van der Waals surface area contributed by atoms with Gasteiger partial charge in [-0.15, -0.1) is 0 Å². The minimum absolute atomic E-state index is 0.0964. The van der Waals surface area contributed by atoms with Crippen LogP contribution in [0, 0.1) is 11.7 Å². The van der Waals surface area contributed by atoms with Crippen LogP contribution in [0.4, 0.5) is 4.39 Å². The third kappa shape index (κ3) is 3.39.